The molecule has 2 aromatic carbocycles. The lowest BCUT2D eigenvalue weighted by atomic mass is 9.92. The number of nitrogens with one attached hydrogen (secondary N) is 1. The molecule has 0 aliphatic carbocycles. The zero-order valence-corrected chi connectivity index (χ0v) is 26.0. The Labute approximate surface area is 268 Å². The zero-order valence-electron chi connectivity index (χ0n) is 26.0. The number of aryl methyl sites for hydroxylation is 1. The van der Waals surface area contributed by atoms with Gasteiger partial charge in [0.15, 0.2) is 5.82 Å². The number of pyridine rings is 1. The molecule has 0 bridgehead atoms. The minimum absolute atomic E-state index is 0.00511. The number of anilines is 1. The summed E-state index contributed by atoms with van der Waals surface area (Å²) in [5.41, 5.74) is 1.06. The van der Waals surface area contributed by atoms with E-state index >= 15 is 8.78 Å². The van der Waals surface area contributed by atoms with E-state index in [1.165, 1.54) is 6.07 Å². The van der Waals surface area contributed by atoms with Crippen molar-refractivity contribution >= 4 is 38.4 Å². The molecule has 10 nitrogen and oxygen atoms in total. The van der Waals surface area contributed by atoms with E-state index in [0.717, 1.165) is 31.2 Å². The fourth-order valence-corrected chi connectivity index (χ4v) is 8.26. The lowest BCUT2D eigenvalue weighted by molar-refractivity contribution is 0.107. The normalized spacial score (nSPS) is 24.4. The highest BCUT2D eigenvalue weighted by Gasteiger charge is 2.49. The number of aromatic amines is 1. The first kappa shape index (κ1) is 29.0. The van der Waals surface area contributed by atoms with Crippen LogP contribution in [-0.4, -0.2) is 93.9 Å². The number of ether oxygens (including phenoxy) is 3. The van der Waals surface area contributed by atoms with Gasteiger partial charge in [-0.25, -0.2) is 18.2 Å². The molecule has 1 N–H and O–H groups in total. The molecule has 1 unspecified atom stereocenters. The number of alkyl halides is 1. The Morgan fingerprint density at radius 3 is 2.91 bits per heavy atom. The lowest BCUT2D eigenvalue weighted by Gasteiger charge is -2.31. The molecule has 244 valence electrons. The van der Waals surface area contributed by atoms with E-state index in [1.807, 2.05) is 13.0 Å². The fraction of sp³-hybridized carbons (Fsp3) is 0.471. The summed E-state index contributed by atoms with van der Waals surface area (Å²) in [6.45, 7) is 5.12. The van der Waals surface area contributed by atoms with Crippen LogP contribution >= 0.6 is 0 Å². The molecule has 0 spiro atoms. The van der Waals surface area contributed by atoms with Crippen LogP contribution in [0.2, 0.25) is 0 Å². The third kappa shape index (κ3) is 4.46. The van der Waals surface area contributed by atoms with Gasteiger partial charge in [-0.3, -0.25) is 10.00 Å². The van der Waals surface area contributed by atoms with Crippen LogP contribution in [0.3, 0.4) is 0 Å². The van der Waals surface area contributed by atoms with Crippen molar-refractivity contribution in [3.8, 4) is 23.1 Å². The van der Waals surface area contributed by atoms with E-state index < -0.39 is 17.5 Å². The summed E-state index contributed by atoms with van der Waals surface area (Å²) < 4.78 is 65.7. The Morgan fingerprint density at radius 1 is 1.11 bits per heavy atom. The fourth-order valence-electron chi connectivity index (χ4n) is 8.26. The largest absolute Gasteiger partial charge is 0.475 e. The summed E-state index contributed by atoms with van der Waals surface area (Å²) in [4.78, 5) is 18.6. The quantitative estimate of drug-likeness (QED) is 0.265. The summed E-state index contributed by atoms with van der Waals surface area (Å²) in [6, 6.07) is 4.80. The van der Waals surface area contributed by atoms with E-state index in [-0.39, 0.29) is 48.2 Å². The van der Waals surface area contributed by atoms with Gasteiger partial charge in [0.25, 0.3) is 0 Å². The van der Waals surface area contributed by atoms with Crippen LogP contribution in [0.5, 0.6) is 11.9 Å². The maximum atomic E-state index is 17.3. The maximum Gasteiger partial charge on any atom is 0.319 e. The van der Waals surface area contributed by atoms with Gasteiger partial charge in [-0.1, -0.05) is 13.0 Å². The average Bonchev–Trinajstić information content (AvgIpc) is 3.68. The number of H-pyrrole nitrogens is 1. The molecule has 9 rings (SSSR count). The highest BCUT2D eigenvalue weighted by Crippen LogP contribution is 2.45. The van der Waals surface area contributed by atoms with Gasteiger partial charge in [-0.15, -0.1) is 0 Å². The number of benzene rings is 2. The molecule has 3 atom stereocenters. The highest BCUT2D eigenvalue weighted by molar-refractivity contribution is 6.13. The number of aromatic nitrogens is 5. The van der Waals surface area contributed by atoms with Gasteiger partial charge < -0.3 is 19.1 Å². The second-order valence-corrected chi connectivity index (χ2v) is 13.1. The van der Waals surface area contributed by atoms with Crippen molar-refractivity contribution in [2.75, 3.05) is 51.0 Å². The summed E-state index contributed by atoms with van der Waals surface area (Å²) in [7, 11) is 0. The second kappa shape index (κ2) is 10.9. The van der Waals surface area contributed by atoms with Gasteiger partial charge in [-0.2, -0.15) is 15.1 Å². The number of halogens is 3. The van der Waals surface area contributed by atoms with Crippen molar-refractivity contribution in [1.82, 2.24) is 30.0 Å². The molecule has 47 heavy (non-hydrogen) atoms. The first-order valence-electron chi connectivity index (χ1n) is 16.4. The zero-order chi connectivity index (χ0) is 31.9. The number of rotatable bonds is 5. The van der Waals surface area contributed by atoms with Gasteiger partial charge in [-0.05, 0) is 60.7 Å². The molecule has 3 aromatic heterocycles. The number of hydrogen-bond donors (Lipinski definition) is 1. The Balaban J connectivity index is 1.28. The molecular weight excluding hydrogens is 611 g/mol. The van der Waals surface area contributed by atoms with Gasteiger partial charge in [0.05, 0.1) is 29.9 Å². The summed E-state index contributed by atoms with van der Waals surface area (Å²) >= 11 is 0. The van der Waals surface area contributed by atoms with E-state index in [2.05, 4.69) is 25.0 Å². The van der Waals surface area contributed by atoms with Crippen molar-refractivity contribution in [3.63, 3.8) is 0 Å². The first-order chi connectivity index (χ1) is 22.9. The molecule has 0 saturated carbocycles. The summed E-state index contributed by atoms with van der Waals surface area (Å²) in [5, 5.41) is 9.44. The summed E-state index contributed by atoms with van der Waals surface area (Å²) in [6.07, 6.45) is 3.99. The minimum atomic E-state index is -0.914. The molecule has 3 saturated heterocycles. The van der Waals surface area contributed by atoms with Crippen molar-refractivity contribution < 1.29 is 27.4 Å². The van der Waals surface area contributed by atoms with Crippen molar-refractivity contribution in [2.45, 2.75) is 56.8 Å². The molecule has 3 fully saturated rings. The van der Waals surface area contributed by atoms with Gasteiger partial charge in [0.2, 0.25) is 5.88 Å². The molecule has 0 amide bonds. The predicted octanol–water partition coefficient (Wildman–Crippen LogP) is 5.50. The molecule has 5 aromatic rings. The van der Waals surface area contributed by atoms with Crippen molar-refractivity contribution in [3.05, 3.63) is 41.6 Å². The van der Waals surface area contributed by atoms with Crippen LogP contribution in [0.4, 0.5) is 19.0 Å². The van der Waals surface area contributed by atoms with E-state index in [0.29, 0.717) is 77.8 Å². The van der Waals surface area contributed by atoms with Crippen LogP contribution in [0.15, 0.2) is 24.4 Å². The lowest BCUT2D eigenvalue weighted by Crippen LogP contribution is -2.43. The Kier molecular flexibility index (Phi) is 6.72. The molecule has 4 aliphatic rings. The molecular formula is C34H34F3N7O3. The van der Waals surface area contributed by atoms with Crippen LogP contribution < -0.4 is 14.4 Å². The Morgan fingerprint density at radius 2 is 2.02 bits per heavy atom. The maximum absolute atomic E-state index is 17.3. The number of nitrogens with zero attached hydrogens (tertiary/aromatic N) is 6. The van der Waals surface area contributed by atoms with Gasteiger partial charge in [0, 0.05) is 37.1 Å². The van der Waals surface area contributed by atoms with E-state index in [1.54, 1.807) is 12.3 Å². The number of hydrogen-bond acceptors (Lipinski definition) is 9. The summed E-state index contributed by atoms with van der Waals surface area (Å²) in [5.74, 6) is -0.424. The van der Waals surface area contributed by atoms with Crippen LogP contribution in [0.1, 0.15) is 38.2 Å². The van der Waals surface area contributed by atoms with E-state index in [4.69, 9.17) is 24.2 Å². The molecule has 4 aliphatic heterocycles. The number of fused-ring (bicyclic) bond motifs is 5. The topological polar surface area (TPSA) is 102 Å². The monoisotopic (exact) mass is 645 g/mol. The van der Waals surface area contributed by atoms with Crippen LogP contribution in [0, 0.1) is 11.6 Å². The van der Waals surface area contributed by atoms with Gasteiger partial charge in [0.1, 0.15) is 47.6 Å². The third-order valence-electron chi connectivity index (χ3n) is 10.4. The Hall–Kier alpha value is -4.23. The van der Waals surface area contributed by atoms with Gasteiger partial charge >= 0.3 is 6.01 Å². The first-order valence-corrected chi connectivity index (χ1v) is 16.4. The molecule has 13 heteroatoms. The molecule has 7 heterocycles. The Bertz CT molecular complexity index is 2060. The van der Waals surface area contributed by atoms with Crippen LogP contribution in [-0.2, 0) is 11.2 Å². The van der Waals surface area contributed by atoms with Crippen molar-refractivity contribution in [1.29, 1.82) is 0 Å². The SMILES string of the molecule is CCc1c(F)ccc2cc3[nH]ncc3c(-c3nc4c5c(nc(OC[C@@]67CCCN6CC(F)C7)nc5c3F)N3CCCOC[C@H]3CO4)c12. The van der Waals surface area contributed by atoms with Crippen molar-refractivity contribution in [2.24, 2.45) is 0 Å². The smallest absolute Gasteiger partial charge is 0.319 e. The highest BCUT2D eigenvalue weighted by atomic mass is 19.1. The average molecular weight is 646 g/mol. The van der Waals surface area contributed by atoms with Crippen LogP contribution in [0.25, 0.3) is 43.8 Å². The molecule has 0 radical (unpaired) electrons. The predicted molar refractivity (Wildman–Crippen MR) is 170 cm³/mol. The minimum Gasteiger partial charge on any atom is -0.475 e. The van der Waals surface area contributed by atoms with E-state index in [9.17, 15) is 4.39 Å². The second-order valence-electron chi connectivity index (χ2n) is 13.1. The standard InChI is InChI=1S/C34H34F3N7O3/c1-2-21-23(36)6-5-18-11-24-22(13-38-42-24)26(25(18)21)29-28(37)30-27-31(44-9-4-10-45-15-20(44)16-46-32(27)39-29)41-33(40-30)47-17-34-7-3-8-43(34)14-19(35)12-34/h5-6,11,13,19-20H,2-4,7-10,12,14-17H2,1H3,(H,38,42)/t19?,20-,34-/m0/s1. The third-order valence-corrected chi connectivity index (χ3v) is 10.4.